The number of fused-ring (bicyclic) bond motifs is 1. The first-order valence-corrected chi connectivity index (χ1v) is 10.3. The molecule has 3 unspecified atom stereocenters. The van der Waals surface area contributed by atoms with Crippen molar-refractivity contribution in [1.82, 2.24) is 10.2 Å². The number of nitrogens with one attached hydrogen (secondary N) is 1. The fourth-order valence-corrected chi connectivity index (χ4v) is 4.66. The Hall–Kier alpha value is -1.88. The van der Waals surface area contributed by atoms with Crippen molar-refractivity contribution in [1.29, 1.82) is 0 Å². The van der Waals surface area contributed by atoms with E-state index in [1.807, 2.05) is 4.90 Å². The van der Waals surface area contributed by atoms with Gasteiger partial charge >= 0.3 is 5.97 Å². The largest absolute Gasteiger partial charge is 0.480 e. The molecule has 0 bridgehead atoms. The number of carbonyl (C=O) groups excluding carboxylic acids is 1. The molecule has 2 aliphatic rings. The van der Waals surface area contributed by atoms with E-state index in [1.165, 1.54) is 17.5 Å². The van der Waals surface area contributed by atoms with Crippen molar-refractivity contribution >= 4 is 11.9 Å². The zero-order valence-electron chi connectivity index (χ0n) is 16.5. The van der Waals surface area contributed by atoms with Crippen LogP contribution in [0, 0.1) is 5.92 Å². The summed E-state index contributed by atoms with van der Waals surface area (Å²) in [5.41, 5.74) is 2.52. The predicted octanol–water partition coefficient (Wildman–Crippen LogP) is 3.19. The molecule has 1 amide bonds. The van der Waals surface area contributed by atoms with Crippen molar-refractivity contribution in [3.05, 3.63) is 35.4 Å². The Labute approximate surface area is 162 Å². The molecule has 2 N–H and O–H groups in total. The number of hydrogen-bond acceptors (Lipinski definition) is 3. The summed E-state index contributed by atoms with van der Waals surface area (Å²) in [6.07, 6.45) is 5.91. The first-order valence-electron chi connectivity index (χ1n) is 10.3. The van der Waals surface area contributed by atoms with Crippen LogP contribution in [0.5, 0.6) is 0 Å². The Kier molecular flexibility index (Phi) is 6.53. The second kappa shape index (κ2) is 8.87. The van der Waals surface area contributed by atoms with Crippen molar-refractivity contribution in [3.63, 3.8) is 0 Å². The van der Waals surface area contributed by atoms with Gasteiger partial charge in [0.2, 0.25) is 5.91 Å². The molecule has 148 valence electrons. The molecular formula is C22H32N2O3. The molecule has 5 nitrogen and oxygen atoms in total. The van der Waals surface area contributed by atoms with Gasteiger partial charge < -0.3 is 10.4 Å². The Morgan fingerprint density at radius 3 is 2.56 bits per heavy atom. The van der Waals surface area contributed by atoms with Crippen LogP contribution in [0.4, 0.5) is 0 Å². The number of hydrogen-bond donors (Lipinski definition) is 2. The van der Waals surface area contributed by atoms with Gasteiger partial charge in [-0.05, 0) is 48.6 Å². The number of likely N-dealkylation sites (tertiary alicyclic amines) is 1. The average Bonchev–Trinajstić information content (AvgIpc) is 3.01. The van der Waals surface area contributed by atoms with Crippen LogP contribution in [0.1, 0.15) is 63.0 Å². The van der Waals surface area contributed by atoms with Crippen LogP contribution in [0.15, 0.2) is 24.3 Å². The third-order valence-corrected chi connectivity index (χ3v) is 6.21. The van der Waals surface area contributed by atoms with Gasteiger partial charge in [0.15, 0.2) is 0 Å². The van der Waals surface area contributed by atoms with E-state index < -0.39 is 12.0 Å². The first kappa shape index (κ1) is 19.9. The molecular weight excluding hydrogens is 340 g/mol. The highest BCUT2D eigenvalue weighted by molar-refractivity contribution is 5.80. The Morgan fingerprint density at radius 2 is 1.89 bits per heavy atom. The second-order valence-electron chi connectivity index (χ2n) is 8.37. The molecule has 1 saturated carbocycles. The van der Waals surface area contributed by atoms with E-state index in [4.69, 9.17) is 0 Å². The quantitative estimate of drug-likeness (QED) is 0.771. The van der Waals surface area contributed by atoms with E-state index in [0.717, 1.165) is 25.7 Å². The summed E-state index contributed by atoms with van der Waals surface area (Å²) < 4.78 is 0. The minimum absolute atomic E-state index is 0.0636. The normalized spacial score (nSPS) is 25.4. The van der Waals surface area contributed by atoms with Crippen LogP contribution in [0.25, 0.3) is 0 Å². The van der Waals surface area contributed by atoms with Crippen LogP contribution in [-0.2, 0) is 16.0 Å². The SMILES string of the molecule is CC(C)c1ccc(CCNC(=O)CN2C(C(=O)O)CC3CCCCC32)cc1. The van der Waals surface area contributed by atoms with Crippen LogP contribution < -0.4 is 5.32 Å². The summed E-state index contributed by atoms with van der Waals surface area (Å²) in [4.78, 5) is 26.0. The highest BCUT2D eigenvalue weighted by Crippen LogP contribution is 2.39. The van der Waals surface area contributed by atoms with E-state index >= 15 is 0 Å². The molecule has 2 fully saturated rings. The summed E-state index contributed by atoms with van der Waals surface area (Å²) in [6, 6.07) is 8.28. The molecule has 1 aromatic carbocycles. The zero-order valence-corrected chi connectivity index (χ0v) is 16.5. The third kappa shape index (κ3) is 4.89. The molecule has 1 aliphatic carbocycles. The Bertz CT molecular complexity index is 656. The lowest BCUT2D eigenvalue weighted by atomic mass is 9.85. The van der Waals surface area contributed by atoms with Gasteiger partial charge in [-0.2, -0.15) is 0 Å². The summed E-state index contributed by atoms with van der Waals surface area (Å²) >= 11 is 0. The lowest BCUT2D eigenvalue weighted by Gasteiger charge is -2.32. The van der Waals surface area contributed by atoms with Crippen molar-refractivity contribution in [2.24, 2.45) is 5.92 Å². The smallest absolute Gasteiger partial charge is 0.320 e. The minimum atomic E-state index is -0.789. The number of carboxylic acid groups (broad SMARTS) is 1. The fraction of sp³-hybridized carbons (Fsp3) is 0.636. The highest BCUT2D eigenvalue weighted by Gasteiger charge is 2.45. The van der Waals surface area contributed by atoms with Crippen molar-refractivity contribution in [2.45, 2.75) is 70.4 Å². The number of rotatable bonds is 7. The molecule has 1 aliphatic heterocycles. The van der Waals surface area contributed by atoms with Gasteiger partial charge in [-0.25, -0.2) is 0 Å². The van der Waals surface area contributed by atoms with Gasteiger partial charge in [0, 0.05) is 12.6 Å². The molecule has 0 aromatic heterocycles. The van der Waals surface area contributed by atoms with Gasteiger partial charge in [0.1, 0.15) is 6.04 Å². The van der Waals surface area contributed by atoms with Crippen molar-refractivity contribution in [3.8, 4) is 0 Å². The topological polar surface area (TPSA) is 69.6 Å². The van der Waals surface area contributed by atoms with Crippen LogP contribution in [-0.4, -0.2) is 47.1 Å². The number of carboxylic acids is 1. The Balaban J connectivity index is 1.49. The van der Waals surface area contributed by atoms with Crippen molar-refractivity contribution in [2.75, 3.05) is 13.1 Å². The fourth-order valence-electron chi connectivity index (χ4n) is 4.66. The molecule has 1 saturated heterocycles. The van der Waals surface area contributed by atoms with Gasteiger partial charge in [-0.15, -0.1) is 0 Å². The van der Waals surface area contributed by atoms with E-state index in [9.17, 15) is 14.7 Å². The van der Waals surface area contributed by atoms with E-state index in [1.54, 1.807) is 0 Å². The molecule has 0 radical (unpaired) electrons. The molecule has 1 aromatic rings. The monoisotopic (exact) mass is 372 g/mol. The minimum Gasteiger partial charge on any atom is -0.480 e. The standard InChI is InChI=1S/C22H32N2O3/c1-15(2)17-9-7-16(8-10-17)11-12-23-21(25)14-24-19-6-4-3-5-18(19)13-20(24)22(26)27/h7-10,15,18-20H,3-6,11-14H2,1-2H3,(H,23,25)(H,26,27). The van der Waals surface area contributed by atoms with Gasteiger partial charge in [-0.3, -0.25) is 14.5 Å². The maximum atomic E-state index is 12.4. The second-order valence-corrected chi connectivity index (χ2v) is 8.37. The summed E-state index contributed by atoms with van der Waals surface area (Å²) in [7, 11) is 0. The highest BCUT2D eigenvalue weighted by atomic mass is 16.4. The maximum absolute atomic E-state index is 12.4. The zero-order chi connectivity index (χ0) is 19.4. The number of amides is 1. The lowest BCUT2D eigenvalue weighted by molar-refractivity contribution is -0.143. The number of aliphatic carboxylic acids is 1. The lowest BCUT2D eigenvalue weighted by Crippen LogP contribution is -2.47. The molecule has 5 heteroatoms. The maximum Gasteiger partial charge on any atom is 0.320 e. The molecule has 3 atom stereocenters. The van der Waals surface area contributed by atoms with Crippen LogP contribution in [0.3, 0.4) is 0 Å². The number of carbonyl (C=O) groups is 2. The van der Waals surface area contributed by atoms with Gasteiger partial charge in [0.05, 0.1) is 6.54 Å². The van der Waals surface area contributed by atoms with Crippen molar-refractivity contribution < 1.29 is 14.7 Å². The van der Waals surface area contributed by atoms with E-state index in [2.05, 4.69) is 43.4 Å². The molecule has 0 spiro atoms. The summed E-state index contributed by atoms with van der Waals surface area (Å²) in [5, 5.41) is 12.5. The number of benzene rings is 1. The van der Waals surface area contributed by atoms with Gasteiger partial charge in [0.25, 0.3) is 0 Å². The van der Waals surface area contributed by atoms with Gasteiger partial charge in [-0.1, -0.05) is 51.0 Å². The summed E-state index contributed by atoms with van der Waals surface area (Å²) in [5.74, 6) is 0.103. The summed E-state index contributed by atoms with van der Waals surface area (Å²) in [6.45, 7) is 5.13. The molecule has 27 heavy (non-hydrogen) atoms. The average molecular weight is 373 g/mol. The third-order valence-electron chi connectivity index (χ3n) is 6.21. The van der Waals surface area contributed by atoms with Crippen LogP contribution in [0.2, 0.25) is 0 Å². The molecule has 3 rings (SSSR count). The number of nitrogens with zero attached hydrogens (tertiary/aromatic N) is 1. The van der Waals surface area contributed by atoms with E-state index in [-0.39, 0.29) is 18.5 Å². The van der Waals surface area contributed by atoms with Crippen LogP contribution >= 0.6 is 0 Å². The molecule has 1 heterocycles. The van der Waals surface area contributed by atoms with E-state index in [0.29, 0.717) is 24.8 Å². The first-order chi connectivity index (χ1) is 13.0. The Morgan fingerprint density at radius 1 is 1.19 bits per heavy atom. The predicted molar refractivity (Wildman–Crippen MR) is 106 cm³/mol.